The highest BCUT2D eigenvalue weighted by atomic mass is 16.7. The molecule has 0 unspecified atom stereocenters. The Labute approximate surface area is 49.1 Å². The summed E-state index contributed by atoms with van der Waals surface area (Å²) in [6.45, 7) is 4.92. The van der Waals surface area contributed by atoms with Crippen LogP contribution in [0.5, 0.6) is 0 Å². The van der Waals surface area contributed by atoms with E-state index in [0.717, 1.165) is 0 Å². The molecule has 8 heavy (non-hydrogen) atoms. The fourth-order valence-electron chi connectivity index (χ4n) is 0.599. The fourth-order valence-corrected chi connectivity index (χ4v) is 0.599. The molecule has 0 bridgehead atoms. The molecule has 2 nitrogen and oxygen atoms in total. The molecule has 0 atom stereocenters. The minimum absolute atomic E-state index is 0.132. The van der Waals surface area contributed by atoms with Gasteiger partial charge in [-0.15, -0.1) is 6.58 Å². The summed E-state index contributed by atoms with van der Waals surface area (Å²) in [6, 6.07) is 0. The SMILES string of the molecule is C=C[CH]C1OCCO1. The van der Waals surface area contributed by atoms with Gasteiger partial charge in [-0.1, -0.05) is 6.08 Å². The first-order chi connectivity index (χ1) is 3.93. The quantitative estimate of drug-likeness (QED) is 0.526. The second kappa shape index (κ2) is 2.84. The van der Waals surface area contributed by atoms with Crippen molar-refractivity contribution in [1.29, 1.82) is 0 Å². The molecule has 0 aromatic heterocycles. The van der Waals surface area contributed by atoms with Crippen LogP contribution in [0.15, 0.2) is 12.7 Å². The summed E-state index contributed by atoms with van der Waals surface area (Å²) in [5, 5.41) is 0. The molecule has 0 N–H and O–H groups in total. The number of rotatable bonds is 2. The molecule has 0 spiro atoms. The van der Waals surface area contributed by atoms with Crippen LogP contribution >= 0.6 is 0 Å². The molecule has 1 aliphatic heterocycles. The molecule has 2 heteroatoms. The van der Waals surface area contributed by atoms with Crippen molar-refractivity contribution < 1.29 is 9.47 Å². The maximum atomic E-state index is 5.04. The van der Waals surface area contributed by atoms with Crippen molar-refractivity contribution in [3.05, 3.63) is 19.1 Å². The van der Waals surface area contributed by atoms with Crippen molar-refractivity contribution in [2.45, 2.75) is 6.29 Å². The zero-order chi connectivity index (χ0) is 5.82. The monoisotopic (exact) mass is 113 g/mol. The molecule has 1 rings (SSSR count). The maximum absolute atomic E-state index is 5.04. The van der Waals surface area contributed by atoms with Gasteiger partial charge in [-0.2, -0.15) is 0 Å². The van der Waals surface area contributed by atoms with E-state index in [1.807, 2.05) is 0 Å². The fraction of sp³-hybridized carbons (Fsp3) is 0.500. The number of hydrogen-bond acceptors (Lipinski definition) is 2. The average molecular weight is 113 g/mol. The van der Waals surface area contributed by atoms with Crippen molar-refractivity contribution in [3.63, 3.8) is 0 Å². The van der Waals surface area contributed by atoms with Gasteiger partial charge in [0.15, 0.2) is 6.29 Å². The summed E-state index contributed by atoms with van der Waals surface area (Å²) < 4.78 is 10.1. The Kier molecular flexibility index (Phi) is 2.06. The summed E-state index contributed by atoms with van der Waals surface area (Å²) in [4.78, 5) is 0. The van der Waals surface area contributed by atoms with E-state index >= 15 is 0 Å². The van der Waals surface area contributed by atoms with Gasteiger partial charge in [0.1, 0.15) is 0 Å². The lowest BCUT2D eigenvalue weighted by Crippen LogP contribution is -2.05. The van der Waals surface area contributed by atoms with Crippen LogP contribution in [0.2, 0.25) is 0 Å². The molecule has 0 aromatic rings. The Morgan fingerprint density at radius 2 is 2.00 bits per heavy atom. The standard InChI is InChI=1S/C6H9O2/c1-2-3-6-7-4-5-8-6/h2-3,6H,1,4-5H2. The summed E-state index contributed by atoms with van der Waals surface area (Å²) in [7, 11) is 0. The van der Waals surface area contributed by atoms with E-state index in [1.54, 1.807) is 12.5 Å². The van der Waals surface area contributed by atoms with Crippen LogP contribution in [0, 0.1) is 6.42 Å². The van der Waals surface area contributed by atoms with E-state index in [9.17, 15) is 0 Å². The van der Waals surface area contributed by atoms with Crippen LogP contribution < -0.4 is 0 Å². The van der Waals surface area contributed by atoms with Gasteiger partial charge in [0.2, 0.25) is 0 Å². The Hall–Kier alpha value is -0.340. The van der Waals surface area contributed by atoms with Gasteiger partial charge in [0.05, 0.1) is 13.2 Å². The van der Waals surface area contributed by atoms with E-state index < -0.39 is 0 Å². The zero-order valence-electron chi connectivity index (χ0n) is 4.67. The van der Waals surface area contributed by atoms with Crippen LogP contribution in [0.4, 0.5) is 0 Å². The number of ether oxygens (including phenoxy) is 2. The Morgan fingerprint density at radius 3 is 2.50 bits per heavy atom. The predicted molar refractivity (Wildman–Crippen MR) is 30.2 cm³/mol. The Morgan fingerprint density at radius 1 is 1.38 bits per heavy atom. The molecule has 0 aliphatic carbocycles. The topological polar surface area (TPSA) is 18.5 Å². The first-order valence-electron chi connectivity index (χ1n) is 2.62. The van der Waals surface area contributed by atoms with E-state index in [1.165, 1.54) is 0 Å². The molecule has 1 aliphatic rings. The average Bonchev–Trinajstić information content (AvgIpc) is 2.19. The normalized spacial score (nSPS) is 21.5. The van der Waals surface area contributed by atoms with Crippen LogP contribution in [0.1, 0.15) is 0 Å². The van der Waals surface area contributed by atoms with E-state index in [2.05, 4.69) is 6.58 Å². The first-order valence-corrected chi connectivity index (χ1v) is 2.62. The van der Waals surface area contributed by atoms with Gasteiger partial charge < -0.3 is 9.47 Å². The van der Waals surface area contributed by atoms with Crippen molar-refractivity contribution in [3.8, 4) is 0 Å². The van der Waals surface area contributed by atoms with Crippen LogP contribution in [0.3, 0.4) is 0 Å². The maximum Gasteiger partial charge on any atom is 0.164 e. The minimum atomic E-state index is -0.132. The highest BCUT2D eigenvalue weighted by molar-refractivity contribution is 4.90. The van der Waals surface area contributed by atoms with Crippen molar-refractivity contribution >= 4 is 0 Å². The van der Waals surface area contributed by atoms with Gasteiger partial charge in [-0.05, 0) is 0 Å². The molecule has 1 fully saturated rings. The molecular weight excluding hydrogens is 104 g/mol. The smallest absolute Gasteiger partial charge is 0.164 e. The molecular formula is C6H9O2. The van der Waals surface area contributed by atoms with Gasteiger partial charge in [-0.25, -0.2) is 0 Å². The van der Waals surface area contributed by atoms with Crippen LogP contribution in [-0.2, 0) is 9.47 Å². The van der Waals surface area contributed by atoms with Crippen molar-refractivity contribution in [2.75, 3.05) is 13.2 Å². The largest absolute Gasteiger partial charge is 0.350 e. The third-order valence-corrected chi connectivity index (χ3v) is 0.941. The van der Waals surface area contributed by atoms with Crippen LogP contribution in [-0.4, -0.2) is 19.5 Å². The Balaban J connectivity index is 2.14. The molecule has 0 amide bonds. The third kappa shape index (κ3) is 1.32. The van der Waals surface area contributed by atoms with Gasteiger partial charge in [0, 0.05) is 6.42 Å². The third-order valence-electron chi connectivity index (χ3n) is 0.941. The zero-order valence-corrected chi connectivity index (χ0v) is 4.67. The molecule has 0 aromatic carbocycles. The summed E-state index contributed by atoms with van der Waals surface area (Å²) in [5.41, 5.74) is 0. The number of hydrogen-bond donors (Lipinski definition) is 0. The second-order valence-corrected chi connectivity index (χ2v) is 1.54. The second-order valence-electron chi connectivity index (χ2n) is 1.54. The highest BCUT2D eigenvalue weighted by Gasteiger charge is 2.12. The predicted octanol–water partition coefficient (Wildman–Crippen LogP) is 0.750. The molecule has 0 saturated carbocycles. The first kappa shape index (κ1) is 5.79. The summed E-state index contributed by atoms with van der Waals surface area (Å²) in [5.74, 6) is 0. The van der Waals surface area contributed by atoms with E-state index in [4.69, 9.17) is 9.47 Å². The molecule has 1 radical (unpaired) electrons. The highest BCUT2D eigenvalue weighted by Crippen LogP contribution is 2.05. The van der Waals surface area contributed by atoms with Crippen molar-refractivity contribution in [2.24, 2.45) is 0 Å². The van der Waals surface area contributed by atoms with Gasteiger partial charge >= 0.3 is 0 Å². The molecule has 1 heterocycles. The summed E-state index contributed by atoms with van der Waals surface area (Å²) in [6.07, 6.45) is 3.33. The minimum Gasteiger partial charge on any atom is -0.350 e. The Bertz CT molecular complexity index is 74.6. The van der Waals surface area contributed by atoms with Crippen molar-refractivity contribution in [1.82, 2.24) is 0 Å². The molecule has 45 valence electrons. The lowest BCUT2D eigenvalue weighted by Gasteiger charge is -2.01. The van der Waals surface area contributed by atoms with E-state index in [-0.39, 0.29) is 6.29 Å². The molecule has 1 saturated heterocycles. The van der Waals surface area contributed by atoms with Crippen LogP contribution in [0.25, 0.3) is 0 Å². The summed E-state index contributed by atoms with van der Waals surface area (Å²) >= 11 is 0. The van der Waals surface area contributed by atoms with Gasteiger partial charge in [-0.3, -0.25) is 0 Å². The van der Waals surface area contributed by atoms with Gasteiger partial charge in [0.25, 0.3) is 0 Å². The lowest BCUT2D eigenvalue weighted by atomic mass is 10.4. The lowest BCUT2D eigenvalue weighted by molar-refractivity contribution is -0.0112. The van der Waals surface area contributed by atoms with E-state index in [0.29, 0.717) is 13.2 Å².